The van der Waals surface area contributed by atoms with Crippen LogP contribution in [0.1, 0.15) is 74.9 Å². The summed E-state index contributed by atoms with van der Waals surface area (Å²) in [4.78, 5) is 15.0. The zero-order valence-electron chi connectivity index (χ0n) is 19.3. The summed E-state index contributed by atoms with van der Waals surface area (Å²) in [6.45, 7) is 4.16. The predicted molar refractivity (Wildman–Crippen MR) is 134 cm³/mol. The third kappa shape index (κ3) is 4.39. The van der Waals surface area contributed by atoms with Gasteiger partial charge in [-0.15, -0.1) is 0 Å². The van der Waals surface area contributed by atoms with Gasteiger partial charge in [0.05, 0.1) is 28.5 Å². The molecule has 1 aromatic carbocycles. The van der Waals surface area contributed by atoms with Crippen LogP contribution in [0.2, 0.25) is 0 Å². The lowest BCUT2D eigenvalue weighted by Gasteiger charge is -2.31. The molecule has 0 radical (unpaired) electrons. The molecule has 1 saturated carbocycles. The standard InChI is InChI=1S/C29H33N3/c1-20(30-28-18-7-12-22-10-3-5-14-24(22)28)26-16-9-17-27(32-26)21(2)31-29-19-8-13-23-11-4-6-15-25(23)29/h7-9,12-13,16-19,22,24H,3-6,10-11,14-15H2,1-2H3. The Morgan fingerprint density at radius 1 is 0.844 bits per heavy atom. The van der Waals surface area contributed by atoms with E-state index in [0.29, 0.717) is 11.8 Å². The molecule has 2 unspecified atom stereocenters. The molecule has 3 aliphatic rings. The maximum absolute atomic E-state index is 5.06. The summed E-state index contributed by atoms with van der Waals surface area (Å²) >= 11 is 0. The van der Waals surface area contributed by atoms with Gasteiger partial charge in [0.1, 0.15) is 0 Å². The average Bonchev–Trinajstić information content (AvgIpc) is 2.84. The van der Waals surface area contributed by atoms with Crippen LogP contribution < -0.4 is 0 Å². The van der Waals surface area contributed by atoms with E-state index in [1.807, 2.05) is 0 Å². The highest BCUT2D eigenvalue weighted by atomic mass is 14.8. The van der Waals surface area contributed by atoms with Crippen LogP contribution in [0.25, 0.3) is 0 Å². The molecule has 0 N–H and O–H groups in total. The molecule has 5 rings (SSSR count). The first kappa shape index (κ1) is 21.1. The smallest absolute Gasteiger partial charge is 0.0849 e. The number of rotatable bonds is 4. The second-order valence-electron chi connectivity index (χ2n) is 9.46. The fourth-order valence-corrected chi connectivity index (χ4v) is 5.49. The Labute approximate surface area is 192 Å². The van der Waals surface area contributed by atoms with Gasteiger partial charge in [0, 0.05) is 11.6 Å². The minimum atomic E-state index is 0.569. The number of fused-ring (bicyclic) bond motifs is 2. The summed E-state index contributed by atoms with van der Waals surface area (Å²) in [6.07, 6.45) is 16.8. The number of aromatic nitrogens is 1. The van der Waals surface area contributed by atoms with Crippen molar-refractivity contribution in [3.05, 3.63) is 82.8 Å². The maximum Gasteiger partial charge on any atom is 0.0849 e. The number of pyridine rings is 1. The van der Waals surface area contributed by atoms with Gasteiger partial charge in [0.2, 0.25) is 0 Å². The van der Waals surface area contributed by atoms with E-state index in [0.717, 1.165) is 34.9 Å². The van der Waals surface area contributed by atoms with Crippen molar-refractivity contribution in [1.29, 1.82) is 0 Å². The molecule has 1 aromatic heterocycles. The third-order valence-corrected chi connectivity index (χ3v) is 7.27. The number of nitrogens with zero attached hydrogens (tertiary/aromatic N) is 3. The van der Waals surface area contributed by atoms with Crippen molar-refractivity contribution in [3.63, 3.8) is 0 Å². The van der Waals surface area contributed by atoms with Crippen molar-refractivity contribution in [2.75, 3.05) is 0 Å². The van der Waals surface area contributed by atoms with E-state index < -0.39 is 0 Å². The molecular formula is C29H33N3. The molecule has 2 atom stereocenters. The highest BCUT2D eigenvalue weighted by Gasteiger charge is 2.28. The molecular weight excluding hydrogens is 390 g/mol. The van der Waals surface area contributed by atoms with Crippen LogP contribution in [0.3, 0.4) is 0 Å². The van der Waals surface area contributed by atoms with Crippen LogP contribution in [0.4, 0.5) is 5.69 Å². The van der Waals surface area contributed by atoms with Crippen molar-refractivity contribution in [2.45, 2.75) is 65.2 Å². The molecule has 3 nitrogen and oxygen atoms in total. The fraction of sp³-hybridized carbons (Fsp3) is 0.414. The highest BCUT2D eigenvalue weighted by Crippen LogP contribution is 2.39. The van der Waals surface area contributed by atoms with Crippen molar-refractivity contribution < 1.29 is 0 Å². The largest absolute Gasteiger partial charge is 0.256 e. The number of aryl methyl sites for hydroxylation is 1. The van der Waals surface area contributed by atoms with E-state index >= 15 is 0 Å². The van der Waals surface area contributed by atoms with Crippen molar-refractivity contribution >= 4 is 17.1 Å². The second kappa shape index (κ2) is 9.36. The summed E-state index contributed by atoms with van der Waals surface area (Å²) in [5, 5.41) is 0. The summed E-state index contributed by atoms with van der Waals surface area (Å²) in [5.41, 5.74) is 9.04. The molecule has 1 heterocycles. The maximum atomic E-state index is 5.06. The topological polar surface area (TPSA) is 37.6 Å². The van der Waals surface area contributed by atoms with Gasteiger partial charge in [0.25, 0.3) is 0 Å². The molecule has 0 aliphatic heterocycles. The first-order valence-electron chi connectivity index (χ1n) is 12.3. The first-order valence-corrected chi connectivity index (χ1v) is 12.3. The Hall–Kier alpha value is -2.81. The van der Waals surface area contributed by atoms with Crippen molar-refractivity contribution in [2.24, 2.45) is 21.8 Å². The molecule has 3 aliphatic carbocycles. The number of benzene rings is 1. The zero-order valence-corrected chi connectivity index (χ0v) is 19.3. The van der Waals surface area contributed by atoms with E-state index in [-0.39, 0.29) is 0 Å². The molecule has 0 saturated heterocycles. The van der Waals surface area contributed by atoms with Gasteiger partial charge in [-0.1, -0.05) is 43.2 Å². The summed E-state index contributed by atoms with van der Waals surface area (Å²) < 4.78 is 0. The molecule has 0 bridgehead atoms. The number of hydrogen-bond acceptors (Lipinski definition) is 3. The quantitative estimate of drug-likeness (QED) is 0.480. The van der Waals surface area contributed by atoms with E-state index in [2.05, 4.69) is 68.5 Å². The lowest BCUT2D eigenvalue weighted by molar-refractivity contribution is 0.318. The van der Waals surface area contributed by atoms with E-state index in [9.17, 15) is 0 Å². The Balaban J connectivity index is 1.41. The fourth-order valence-electron chi connectivity index (χ4n) is 5.49. The molecule has 2 aromatic rings. The Bertz CT molecular complexity index is 1120. The van der Waals surface area contributed by atoms with Crippen LogP contribution in [0.5, 0.6) is 0 Å². The molecule has 3 heteroatoms. The second-order valence-corrected chi connectivity index (χ2v) is 9.46. The van der Waals surface area contributed by atoms with E-state index in [1.165, 1.54) is 61.8 Å². The van der Waals surface area contributed by atoms with Gasteiger partial charge in [-0.2, -0.15) is 0 Å². The van der Waals surface area contributed by atoms with E-state index in [4.69, 9.17) is 15.0 Å². The third-order valence-electron chi connectivity index (χ3n) is 7.27. The Morgan fingerprint density at radius 3 is 2.47 bits per heavy atom. The van der Waals surface area contributed by atoms with Crippen LogP contribution in [0.15, 0.2) is 70.3 Å². The van der Waals surface area contributed by atoms with Crippen LogP contribution in [-0.2, 0) is 12.8 Å². The lowest BCUT2D eigenvalue weighted by atomic mass is 9.75. The van der Waals surface area contributed by atoms with Gasteiger partial charge in [-0.3, -0.25) is 9.98 Å². The highest BCUT2D eigenvalue weighted by molar-refractivity contribution is 6.02. The van der Waals surface area contributed by atoms with Crippen LogP contribution >= 0.6 is 0 Å². The molecule has 32 heavy (non-hydrogen) atoms. The Kier molecular flexibility index (Phi) is 6.16. The first-order chi connectivity index (χ1) is 15.7. The summed E-state index contributed by atoms with van der Waals surface area (Å²) in [6, 6.07) is 12.8. The van der Waals surface area contributed by atoms with E-state index in [1.54, 1.807) is 0 Å². The zero-order chi connectivity index (χ0) is 21.9. The number of allylic oxidation sites excluding steroid dienone is 4. The van der Waals surface area contributed by atoms with Gasteiger partial charge in [-0.05, 0) is 93.7 Å². The normalized spacial score (nSPS) is 23.4. The van der Waals surface area contributed by atoms with Crippen molar-refractivity contribution in [1.82, 2.24) is 4.98 Å². The number of hydrogen-bond donors (Lipinski definition) is 0. The SMILES string of the molecule is CC(=NC1=CC=CC2CCCCC12)c1cccc(C(C)=Nc2cccc3c2CCCC3)n1. The van der Waals surface area contributed by atoms with Gasteiger partial charge >= 0.3 is 0 Å². The predicted octanol–water partition coefficient (Wildman–Crippen LogP) is 7.17. The van der Waals surface area contributed by atoms with Crippen molar-refractivity contribution in [3.8, 4) is 0 Å². The van der Waals surface area contributed by atoms with Crippen LogP contribution in [-0.4, -0.2) is 16.4 Å². The molecule has 0 spiro atoms. The van der Waals surface area contributed by atoms with Gasteiger partial charge in [0.15, 0.2) is 0 Å². The van der Waals surface area contributed by atoms with Crippen LogP contribution in [0, 0.1) is 11.8 Å². The average molecular weight is 424 g/mol. The summed E-state index contributed by atoms with van der Waals surface area (Å²) in [7, 11) is 0. The molecule has 0 amide bonds. The monoisotopic (exact) mass is 423 g/mol. The molecule has 1 fully saturated rings. The van der Waals surface area contributed by atoms with Gasteiger partial charge in [-0.25, -0.2) is 4.98 Å². The molecule has 164 valence electrons. The minimum absolute atomic E-state index is 0.569. The number of aliphatic imine (C=N–C) groups is 2. The summed E-state index contributed by atoms with van der Waals surface area (Å²) in [5.74, 6) is 1.23. The van der Waals surface area contributed by atoms with Gasteiger partial charge < -0.3 is 0 Å². The lowest BCUT2D eigenvalue weighted by Crippen LogP contribution is -2.21. The minimum Gasteiger partial charge on any atom is -0.256 e. The Morgan fingerprint density at radius 2 is 1.59 bits per heavy atom.